The molecule has 0 spiro atoms. The van der Waals surface area contributed by atoms with Gasteiger partial charge in [0.1, 0.15) is 11.6 Å². The second kappa shape index (κ2) is 7.69. The molecule has 120 valence electrons. The van der Waals surface area contributed by atoms with E-state index in [1.165, 1.54) is 7.11 Å². The Hall–Kier alpha value is -2.23. The monoisotopic (exact) mass is 306 g/mol. The van der Waals surface area contributed by atoms with Crippen molar-refractivity contribution in [1.29, 1.82) is 5.26 Å². The second-order valence-corrected chi connectivity index (χ2v) is 5.60. The zero-order valence-corrected chi connectivity index (χ0v) is 12.9. The highest BCUT2D eigenvalue weighted by Gasteiger charge is 2.22. The SMILES string of the molecule is COC(=O)N1CCN(/C=C(/C#N)C(=O)NC2CCCC2)CC1. The number of ether oxygens (including phenoxy) is 1. The van der Waals surface area contributed by atoms with Crippen molar-refractivity contribution in [2.24, 2.45) is 0 Å². The molecule has 0 bridgehead atoms. The minimum atomic E-state index is -0.344. The predicted octanol–water partition coefficient (Wildman–Crippen LogP) is 0.837. The first-order valence-electron chi connectivity index (χ1n) is 7.63. The summed E-state index contributed by atoms with van der Waals surface area (Å²) >= 11 is 0. The van der Waals surface area contributed by atoms with E-state index < -0.39 is 0 Å². The zero-order valence-electron chi connectivity index (χ0n) is 12.9. The van der Waals surface area contributed by atoms with Crippen molar-refractivity contribution in [2.75, 3.05) is 33.3 Å². The van der Waals surface area contributed by atoms with Crippen molar-refractivity contribution >= 4 is 12.0 Å². The summed E-state index contributed by atoms with van der Waals surface area (Å²) in [6.45, 7) is 2.20. The Morgan fingerprint density at radius 1 is 1.23 bits per heavy atom. The lowest BCUT2D eigenvalue weighted by Gasteiger charge is -2.33. The van der Waals surface area contributed by atoms with Crippen LogP contribution in [0.2, 0.25) is 0 Å². The van der Waals surface area contributed by atoms with E-state index in [2.05, 4.69) is 10.1 Å². The molecule has 7 nitrogen and oxygen atoms in total. The van der Waals surface area contributed by atoms with Gasteiger partial charge in [-0.25, -0.2) is 4.79 Å². The van der Waals surface area contributed by atoms with Gasteiger partial charge in [0.2, 0.25) is 0 Å². The summed E-state index contributed by atoms with van der Waals surface area (Å²) in [6.07, 6.45) is 5.49. The van der Waals surface area contributed by atoms with E-state index in [-0.39, 0.29) is 23.6 Å². The van der Waals surface area contributed by atoms with Gasteiger partial charge < -0.3 is 19.9 Å². The van der Waals surface area contributed by atoms with Crippen LogP contribution in [0.15, 0.2) is 11.8 Å². The van der Waals surface area contributed by atoms with Crippen LogP contribution >= 0.6 is 0 Å². The Morgan fingerprint density at radius 2 is 1.86 bits per heavy atom. The molecule has 0 unspecified atom stereocenters. The molecule has 0 atom stereocenters. The highest BCUT2D eigenvalue weighted by atomic mass is 16.5. The number of hydrogen-bond acceptors (Lipinski definition) is 5. The number of methoxy groups -OCH3 is 1. The van der Waals surface area contributed by atoms with Gasteiger partial charge in [-0.3, -0.25) is 4.79 Å². The maximum absolute atomic E-state index is 12.1. The van der Waals surface area contributed by atoms with Gasteiger partial charge in [0.25, 0.3) is 5.91 Å². The molecular formula is C15H22N4O3. The van der Waals surface area contributed by atoms with Crippen molar-refractivity contribution in [2.45, 2.75) is 31.7 Å². The quantitative estimate of drug-likeness (QED) is 0.617. The standard InChI is InChI=1S/C15H22N4O3/c1-22-15(21)19-8-6-18(7-9-19)11-12(10-16)14(20)17-13-4-2-3-5-13/h11,13H,2-9H2,1H3,(H,17,20)/b12-11-. The average molecular weight is 306 g/mol. The molecule has 2 amide bonds. The van der Waals surface area contributed by atoms with Crippen LogP contribution in [0.1, 0.15) is 25.7 Å². The van der Waals surface area contributed by atoms with E-state index in [1.54, 1.807) is 11.1 Å². The highest BCUT2D eigenvalue weighted by molar-refractivity contribution is 5.97. The van der Waals surface area contributed by atoms with Crippen LogP contribution in [0.5, 0.6) is 0 Å². The molecule has 1 saturated heterocycles. The smallest absolute Gasteiger partial charge is 0.409 e. The summed E-state index contributed by atoms with van der Waals surface area (Å²) in [5.41, 5.74) is 0.124. The normalized spacial score (nSPS) is 19.7. The molecule has 1 heterocycles. The second-order valence-electron chi connectivity index (χ2n) is 5.60. The Bertz CT molecular complexity index is 484. The van der Waals surface area contributed by atoms with E-state index in [1.807, 2.05) is 11.0 Å². The zero-order chi connectivity index (χ0) is 15.9. The van der Waals surface area contributed by atoms with Crippen molar-refractivity contribution in [3.63, 3.8) is 0 Å². The Labute approximate surface area is 130 Å². The van der Waals surface area contributed by atoms with E-state index in [4.69, 9.17) is 0 Å². The van der Waals surface area contributed by atoms with Gasteiger partial charge in [0, 0.05) is 38.4 Å². The summed E-state index contributed by atoms with van der Waals surface area (Å²) in [7, 11) is 1.36. The van der Waals surface area contributed by atoms with Crippen LogP contribution in [0.3, 0.4) is 0 Å². The fourth-order valence-corrected chi connectivity index (χ4v) is 2.82. The molecule has 1 N–H and O–H groups in total. The summed E-state index contributed by atoms with van der Waals surface area (Å²) in [5, 5.41) is 12.1. The summed E-state index contributed by atoms with van der Waals surface area (Å²) in [4.78, 5) is 27.0. The van der Waals surface area contributed by atoms with Crippen LogP contribution < -0.4 is 5.32 Å². The molecule has 7 heteroatoms. The Morgan fingerprint density at radius 3 is 2.41 bits per heavy atom. The van der Waals surface area contributed by atoms with E-state index in [9.17, 15) is 14.9 Å². The third-order valence-electron chi connectivity index (χ3n) is 4.11. The molecule has 2 aliphatic rings. The van der Waals surface area contributed by atoms with Gasteiger partial charge in [-0.1, -0.05) is 12.8 Å². The largest absolute Gasteiger partial charge is 0.453 e. The third-order valence-corrected chi connectivity index (χ3v) is 4.11. The first-order valence-corrected chi connectivity index (χ1v) is 7.63. The molecule has 1 aliphatic heterocycles. The number of nitrogens with zero attached hydrogens (tertiary/aromatic N) is 3. The summed E-state index contributed by atoms with van der Waals surface area (Å²) in [6, 6.07) is 2.17. The Balaban J connectivity index is 1.88. The number of rotatable bonds is 3. The van der Waals surface area contributed by atoms with Gasteiger partial charge in [0.15, 0.2) is 0 Å². The maximum Gasteiger partial charge on any atom is 0.409 e. The average Bonchev–Trinajstić information content (AvgIpc) is 3.05. The number of carbonyl (C=O) groups is 2. The Kier molecular flexibility index (Phi) is 5.64. The predicted molar refractivity (Wildman–Crippen MR) is 79.6 cm³/mol. The van der Waals surface area contributed by atoms with Crippen molar-refractivity contribution in [3.05, 3.63) is 11.8 Å². The molecule has 2 rings (SSSR count). The number of carbonyl (C=O) groups excluding carboxylic acids is 2. The van der Waals surface area contributed by atoms with E-state index in [0.717, 1.165) is 25.7 Å². The van der Waals surface area contributed by atoms with E-state index >= 15 is 0 Å². The highest BCUT2D eigenvalue weighted by Crippen LogP contribution is 2.18. The molecule has 1 saturated carbocycles. The fourth-order valence-electron chi connectivity index (χ4n) is 2.82. The molecule has 0 aromatic rings. The molecule has 0 aromatic heterocycles. The number of nitrogens with one attached hydrogen (secondary N) is 1. The first-order chi connectivity index (χ1) is 10.6. The lowest BCUT2D eigenvalue weighted by atomic mass is 10.2. The maximum atomic E-state index is 12.1. The van der Waals surface area contributed by atoms with E-state index in [0.29, 0.717) is 26.2 Å². The molecule has 2 fully saturated rings. The summed E-state index contributed by atoms with van der Waals surface area (Å²) in [5.74, 6) is -0.301. The van der Waals surface area contributed by atoms with Gasteiger partial charge in [0.05, 0.1) is 7.11 Å². The van der Waals surface area contributed by atoms with Gasteiger partial charge in [-0.05, 0) is 12.8 Å². The topological polar surface area (TPSA) is 85.7 Å². The molecule has 22 heavy (non-hydrogen) atoms. The van der Waals surface area contributed by atoms with Gasteiger partial charge >= 0.3 is 6.09 Å². The number of amides is 2. The van der Waals surface area contributed by atoms with Crippen LogP contribution in [0.25, 0.3) is 0 Å². The summed E-state index contributed by atoms with van der Waals surface area (Å²) < 4.78 is 4.68. The van der Waals surface area contributed by atoms with Crippen molar-refractivity contribution in [3.8, 4) is 6.07 Å². The van der Waals surface area contributed by atoms with Gasteiger partial charge in [-0.15, -0.1) is 0 Å². The van der Waals surface area contributed by atoms with Crippen LogP contribution in [-0.4, -0.2) is 61.1 Å². The number of piperazine rings is 1. The first kappa shape index (κ1) is 16.1. The van der Waals surface area contributed by atoms with Crippen molar-refractivity contribution < 1.29 is 14.3 Å². The van der Waals surface area contributed by atoms with Gasteiger partial charge in [-0.2, -0.15) is 5.26 Å². The minimum Gasteiger partial charge on any atom is -0.453 e. The third kappa shape index (κ3) is 4.13. The van der Waals surface area contributed by atoms with Crippen LogP contribution in [-0.2, 0) is 9.53 Å². The fraction of sp³-hybridized carbons (Fsp3) is 0.667. The molecule has 0 radical (unpaired) electrons. The van der Waals surface area contributed by atoms with Crippen molar-refractivity contribution in [1.82, 2.24) is 15.1 Å². The number of hydrogen-bond donors (Lipinski definition) is 1. The van der Waals surface area contributed by atoms with Crippen LogP contribution in [0.4, 0.5) is 4.79 Å². The minimum absolute atomic E-state index is 0.124. The lowest BCUT2D eigenvalue weighted by Crippen LogP contribution is -2.47. The van der Waals surface area contributed by atoms with Crippen LogP contribution in [0, 0.1) is 11.3 Å². The molecular weight excluding hydrogens is 284 g/mol. The molecule has 0 aromatic carbocycles. The number of nitriles is 1. The lowest BCUT2D eigenvalue weighted by molar-refractivity contribution is -0.117. The molecule has 1 aliphatic carbocycles.